The molecule has 0 saturated carbocycles. The van der Waals surface area contributed by atoms with Crippen LogP contribution in [0.25, 0.3) is 11.3 Å². The molecule has 0 amide bonds. The Morgan fingerprint density at radius 1 is 1.17 bits per heavy atom. The summed E-state index contributed by atoms with van der Waals surface area (Å²) in [4.78, 5) is 7.78. The summed E-state index contributed by atoms with van der Waals surface area (Å²) in [6.45, 7) is 0. The van der Waals surface area contributed by atoms with Gasteiger partial charge < -0.3 is 5.73 Å². The number of halogens is 3. The van der Waals surface area contributed by atoms with Crippen molar-refractivity contribution in [1.82, 2.24) is 15.4 Å². The van der Waals surface area contributed by atoms with Crippen LogP contribution in [0, 0.1) is 0 Å². The number of aryl methyl sites for hydroxylation is 1. The predicted molar refractivity (Wildman–Crippen MR) is 83.4 cm³/mol. The molecular formula is C14H12F3N5S. The fourth-order valence-corrected chi connectivity index (χ4v) is 2.63. The summed E-state index contributed by atoms with van der Waals surface area (Å²) in [7, 11) is 0. The molecule has 1 aromatic heterocycles. The van der Waals surface area contributed by atoms with E-state index in [4.69, 9.17) is 5.73 Å². The standard InChI is InChI=1S/C14H12F3N5S/c15-14(16,17)11-9-6-5-7-3-1-2-4-8(7)10(9)19-13(20-11)22-21-12(18)23/h1-4H,5-6H2,(H3,18,21,23)(H,19,20,22). The van der Waals surface area contributed by atoms with Crippen LogP contribution in [0.3, 0.4) is 0 Å². The smallest absolute Gasteiger partial charge is 0.375 e. The number of nitrogens with one attached hydrogen (secondary N) is 2. The van der Waals surface area contributed by atoms with E-state index in [0.717, 1.165) is 5.56 Å². The summed E-state index contributed by atoms with van der Waals surface area (Å²) in [6.07, 6.45) is -3.81. The molecule has 3 rings (SSSR count). The number of alkyl halides is 3. The maximum absolute atomic E-state index is 13.3. The molecular weight excluding hydrogens is 327 g/mol. The van der Waals surface area contributed by atoms with Crippen molar-refractivity contribution in [2.24, 2.45) is 5.73 Å². The number of nitrogens with two attached hydrogens (primary N) is 1. The molecule has 1 heterocycles. The first-order chi connectivity index (χ1) is 10.9. The van der Waals surface area contributed by atoms with Gasteiger partial charge in [0.05, 0.1) is 5.69 Å². The van der Waals surface area contributed by atoms with Gasteiger partial charge >= 0.3 is 6.18 Å². The largest absolute Gasteiger partial charge is 0.433 e. The van der Waals surface area contributed by atoms with E-state index in [0.29, 0.717) is 12.0 Å². The highest BCUT2D eigenvalue weighted by Gasteiger charge is 2.38. The van der Waals surface area contributed by atoms with E-state index in [1.165, 1.54) is 0 Å². The number of fused-ring (bicyclic) bond motifs is 3. The van der Waals surface area contributed by atoms with Crippen molar-refractivity contribution in [3.05, 3.63) is 41.1 Å². The van der Waals surface area contributed by atoms with Gasteiger partial charge in [-0.1, -0.05) is 24.3 Å². The number of hydrogen-bond acceptors (Lipinski definition) is 4. The van der Waals surface area contributed by atoms with Crippen molar-refractivity contribution in [2.45, 2.75) is 19.0 Å². The number of rotatable bonds is 2. The molecule has 0 unspecified atom stereocenters. The first-order valence-corrected chi connectivity index (χ1v) is 7.15. The van der Waals surface area contributed by atoms with Crippen LogP contribution < -0.4 is 16.6 Å². The average molecular weight is 339 g/mol. The molecule has 0 bridgehead atoms. The van der Waals surface area contributed by atoms with Gasteiger partial charge in [-0.3, -0.25) is 10.9 Å². The second-order valence-electron chi connectivity index (χ2n) is 4.99. The Kier molecular flexibility index (Phi) is 3.80. The maximum atomic E-state index is 13.3. The minimum atomic E-state index is -4.57. The first-order valence-electron chi connectivity index (χ1n) is 6.74. The van der Waals surface area contributed by atoms with Crippen LogP contribution in [-0.4, -0.2) is 15.1 Å². The van der Waals surface area contributed by atoms with Gasteiger partial charge in [0.25, 0.3) is 0 Å². The first kappa shape index (κ1) is 15.5. The summed E-state index contributed by atoms with van der Waals surface area (Å²) >= 11 is 4.61. The number of nitrogens with zero attached hydrogens (tertiary/aromatic N) is 2. The van der Waals surface area contributed by atoms with Crippen LogP contribution in [0.15, 0.2) is 24.3 Å². The van der Waals surface area contributed by atoms with Crippen molar-refractivity contribution in [1.29, 1.82) is 0 Å². The van der Waals surface area contributed by atoms with Gasteiger partial charge in [0.1, 0.15) is 0 Å². The SMILES string of the molecule is NC(=S)NNc1nc2c(c(C(F)(F)F)n1)CCc1ccccc1-2. The van der Waals surface area contributed by atoms with Crippen molar-refractivity contribution >= 4 is 23.3 Å². The van der Waals surface area contributed by atoms with E-state index in [2.05, 4.69) is 33.0 Å². The molecule has 1 aliphatic carbocycles. The zero-order valence-corrected chi connectivity index (χ0v) is 12.6. The van der Waals surface area contributed by atoms with Gasteiger partial charge in [-0.05, 0) is 30.6 Å². The minimum absolute atomic E-state index is 0.108. The van der Waals surface area contributed by atoms with Gasteiger partial charge in [-0.25, -0.2) is 9.97 Å². The van der Waals surface area contributed by atoms with E-state index >= 15 is 0 Å². The Labute approximate surface area is 135 Å². The number of anilines is 1. The second-order valence-corrected chi connectivity index (χ2v) is 5.43. The normalized spacial score (nSPS) is 13.0. The van der Waals surface area contributed by atoms with E-state index < -0.39 is 11.9 Å². The quantitative estimate of drug-likeness (QED) is 0.576. The van der Waals surface area contributed by atoms with Crippen LogP contribution in [-0.2, 0) is 19.0 Å². The zero-order chi connectivity index (χ0) is 16.6. The molecule has 0 fully saturated rings. The molecule has 0 aliphatic heterocycles. The molecule has 1 aromatic carbocycles. The van der Waals surface area contributed by atoms with Crippen molar-refractivity contribution < 1.29 is 13.2 Å². The minimum Gasteiger partial charge on any atom is -0.375 e. The maximum Gasteiger partial charge on any atom is 0.433 e. The summed E-state index contributed by atoms with van der Waals surface area (Å²) in [5.41, 5.74) is 11.1. The average Bonchev–Trinajstić information content (AvgIpc) is 2.51. The number of hydrazine groups is 1. The summed E-state index contributed by atoms with van der Waals surface area (Å²) in [5, 5.41) is -0.125. The van der Waals surface area contributed by atoms with E-state index in [-0.39, 0.29) is 28.7 Å². The summed E-state index contributed by atoms with van der Waals surface area (Å²) < 4.78 is 40.0. The van der Waals surface area contributed by atoms with Crippen molar-refractivity contribution in [3.8, 4) is 11.3 Å². The van der Waals surface area contributed by atoms with Gasteiger partial charge in [-0.2, -0.15) is 13.2 Å². The van der Waals surface area contributed by atoms with Crippen LogP contribution in [0.4, 0.5) is 19.1 Å². The van der Waals surface area contributed by atoms with E-state index in [9.17, 15) is 13.2 Å². The molecule has 23 heavy (non-hydrogen) atoms. The van der Waals surface area contributed by atoms with Crippen LogP contribution >= 0.6 is 12.2 Å². The Morgan fingerprint density at radius 3 is 2.61 bits per heavy atom. The molecule has 5 nitrogen and oxygen atoms in total. The fraction of sp³-hybridized carbons (Fsp3) is 0.214. The van der Waals surface area contributed by atoms with Crippen LogP contribution in [0.5, 0.6) is 0 Å². The topological polar surface area (TPSA) is 75.9 Å². The van der Waals surface area contributed by atoms with Crippen LogP contribution in [0.2, 0.25) is 0 Å². The van der Waals surface area contributed by atoms with Gasteiger partial charge in [0.2, 0.25) is 5.95 Å². The molecule has 1 aliphatic rings. The number of aromatic nitrogens is 2. The molecule has 0 saturated heterocycles. The summed E-state index contributed by atoms with van der Waals surface area (Å²) in [5.74, 6) is -0.236. The zero-order valence-electron chi connectivity index (χ0n) is 11.7. The molecule has 0 atom stereocenters. The lowest BCUT2D eigenvalue weighted by Crippen LogP contribution is -2.35. The Morgan fingerprint density at radius 2 is 1.91 bits per heavy atom. The molecule has 0 radical (unpaired) electrons. The fourth-order valence-electron chi connectivity index (χ4n) is 2.58. The third kappa shape index (κ3) is 3.04. The highest BCUT2D eigenvalue weighted by molar-refractivity contribution is 7.80. The Balaban J connectivity index is 2.16. The van der Waals surface area contributed by atoms with Gasteiger partial charge in [0.15, 0.2) is 10.8 Å². The molecule has 4 N–H and O–H groups in total. The second kappa shape index (κ2) is 5.65. The van der Waals surface area contributed by atoms with Crippen LogP contribution in [0.1, 0.15) is 16.8 Å². The molecule has 9 heteroatoms. The number of benzene rings is 1. The highest BCUT2D eigenvalue weighted by atomic mass is 32.1. The molecule has 2 aromatic rings. The van der Waals surface area contributed by atoms with Crippen molar-refractivity contribution in [2.75, 3.05) is 5.43 Å². The van der Waals surface area contributed by atoms with E-state index in [1.807, 2.05) is 12.1 Å². The molecule has 0 spiro atoms. The lowest BCUT2D eigenvalue weighted by Gasteiger charge is -2.23. The van der Waals surface area contributed by atoms with Crippen molar-refractivity contribution in [3.63, 3.8) is 0 Å². The molecule has 120 valence electrons. The Bertz CT molecular complexity index is 775. The van der Waals surface area contributed by atoms with Gasteiger partial charge in [0, 0.05) is 11.1 Å². The monoisotopic (exact) mass is 339 g/mol. The third-order valence-electron chi connectivity index (χ3n) is 3.49. The lowest BCUT2D eigenvalue weighted by molar-refractivity contribution is -0.141. The number of hydrogen-bond donors (Lipinski definition) is 3. The predicted octanol–water partition coefficient (Wildman–Crippen LogP) is 2.42. The third-order valence-corrected chi connectivity index (χ3v) is 3.59. The van der Waals surface area contributed by atoms with Gasteiger partial charge in [-0.15, -0.1) is 0 Å². The summed E-state index contributed by atoms with van der Waals surface area (Å²) in [6, 6.07) is 7.26. The van der Waals surface area contributed by atoms with E-state index in [1.54, 1.807) is 12.1 Å². The number of thiocarbonyl (C=S) groups is 1. The highest BCUT2D eigenvalue weighted by Crippen LogP contribution is 2.39. The lowest BCUT2D eigenvalue weighted by atomic mass is 9.88. The Hall–Kier alpha value is -2.42.